The highest BCUT2D eigenvalue weighted by Gasteiger charge is 2.42. The molecule has 0 radical (unpaired) electrons. The SMILES string of the molecule is NCC1(CC(CNC=O)N(C(=O)NCc2ccc(OC(F)(F)F)cc2F)C2CC2)CCOCC1. The van der Waals surface area contributed by atoms with Gasteiger partial charge in [-0.3, -0.25) is 4.79 Å². The number of nitrogens with zero attached hydrogens (tertiary/aromatic N) is 1. The predicted molar refractivity (Wildman–Crippen MR) is 114 cm³/mol. The Bertz CT molecular complexity index is 845. The number of halogens is 4. The highest BCUT2D eigenvalue weighted by atomic mass is 19.4. The van der Waals surface area contributed by atoms with E-state index in [0.717, 1.165) is 37.8 Å². The third kappa shape index (κ3) is 7.20. The molecule has 1 aliphatic carbocycles. The van der Waals surface area contributed by atoms with Crippen molar-refractivity contribution in [1.29, 1.82) is 0 Å². The summed E-state index contributed by atoms with van der Waals surface area (Å²) in [5, 5.41) is 5.33. The summed E-state index contributed by atoms with van der Waals surface area (Å²) in [5.74, 6) is -1.60. The van der Waals surface area contributed by atoms with Gasteiger partial charge in [-0.15, -0.1) is 13.2 Å². The molecule has 12 heteroatoms. The minimum atomic E-state index is -4.93. The molecule has 1 heterocycles. The monoisotopic (exact) mass is 490 g/mol. The highest BCUT2D eigenvalue weighted by molar-refractivity contribution is 5.75. The molecule has 2 aliphatic rings. The van der Waals surface area contributed by atoms with Crippen LogP contribution in [0.4, 0.5) is 22.4 Å². The zero-order chi connectivity index (χ0) is 24.8. The zero-order valence-electron chi connectivity index (χ0n) is 18.7. The lowest BCUT2D eigenvalue weighted by atomic mass is 9.75. The second-order valence-electron chi connectivity index (χ2n) is 8.80. The normalized spacial score (nSPS) is 18.6. The average molecular weight is 490 g/mol. The fourth-order valence-corrected chi connectivity index (χ4v) is 4.36. The van der Waals surface area contributed by atoms with Gasteiger partial charge in [0.25, 0.3) is 0 Å². The van der Waals surface area contributed by atoms with Crippen LogP contribution in [0, 0.1) is 11.2 Å². The lowest BCUT2D eigenvalue weighted by molar-refractivity contribution is -0.274. The zero-order valence-corrected chi connectivity index (χ0v) is 18.7. The van der Waals surface area contributed by atoms with E-state index >= 15 is 0 Å². The largest absolute Gasteiger partial charge is 0.573 e. The molecular formula is C22H30F4N4O4. The molecule has 1 aromatic carbocycles. The van der Waals surface area contributed by atoms with E-state index in [2.05, 4.69) is 15.4 Å². The molecular weight excluding hydrogens is 460 g/mol. The molecule has 3 rings (SSSR count). The summed E-state index contributed by atoms with van der Waals surface area (Å²) in [5.41, 5.74) is 5.89. The Balaban J connectivity index is 1.69. The molecule has 1 aromatic rings. The first kappa shape index (κ1) is 26.0. The van der Waals surface area contributed by atoms with Crippen LogP contribution in [0.3, 0.4) is 0 Å². The van der Waals surface area contributed by atoms with Crippen LogP contribution in [0.5, 0.6) is 5.75 Å². The number of carbonyl (C=O) groups is 2. The van der Waals surface area contributed by atoms with E-state index in [-0.39, 0.29) is 36.2 Å². The third-order valence-corrected chi connectivity index (χ3v) is 6.35. The second-order valence-corrected chi connectivity index (χ2v) is 8.80. The van der Waals surface area contributed by atoms with Crippen LogP contribution in [-0.4, -0.2) is 62.1 Å². The number of nitrogens with one attached hydrogen (secondary N) is 2. The van der Waals surface area contributed by atoms with E-state index in [9.17, 15) is 27.2 Å². The third-order valence-electron chi connectivity index (χ3n) is 6.35. The number of urea groups is 1. The number of alkyl halides is 3. The minimum Gasteiger partial charge on any atom is -0.406 e. The van der Waals surface area contributed by atoms with E-state index in [1.807, 2.05) is 0 Å². The molecule has 8 nitrogen and oxygen atoms in total. The Morgan fingerprint density at radius 2 is 2.03 bits per heavy atom. The number of nitrogens with two attached hydrogens (primary N) is 1. The lowest BCUT2D eigenvalue weighted by Crippen LogP contribution is -2.54. The molecule has 190 valence electrons. The van der Waals surface area contributed by atoms with Crippen molar-refractivity contribution in [3.8, 4) is 5.75 Å². The fourth-order valence-electron chi connectivity index (χ4n) is 4.36. The minimum absolute atomic E-state index is 0.0134. The van der Waals surface area contributed by atoms with E-state index in [4.69, 9.17) is 10.5 Å². The lowest BCUT2D eigenvalue weighted by Gasteiger charge is -2.42. The molecule has 34 heavy (non-hydrogen) atoms. The molecule has 1 aliphatic heterocycles. The number of ether oxygens (including phenoxy) is 2. The molecule has 2 fully saturated rings. The fraction of sp³-hybridized carbons (Fsp3) is 0.636. The smallest absolute Gasteiger partial charge is 0.406 e. The molecule has 0 bridgehead atoms. The van der Waals surface area contributed by atoms with Crippen LogP contribution in [-0.2, 0) is 16.1 Å². The van der Waals surface area contributed by atoms with Crippen molar-refractivity contribution < 1.29 is 36.6 Å². The molecule has 1 unspecified atom stereocenters. The average Bonchev–Trinajstić information content (AvgIpc) is 3.61. The van der Waals surface area contributed by atoms with Gasteiger partial charge in [0, 0.05) is 44.0 Å². The summed E-state index contributed by atoms with van der Waals surface area (Å²) >= 11 is 0. The standard InChI is InChI=1S/C22H30F4N4O4/c23-19-9-18(34-22(24,25)26)4-1-15(19)11-29-20(32)30(16-2-3-16)17(12-28-14-31)10-21(13-27)5-7-33-8-6-21/h1,4,9,14,16-17H,2-3,5-8,10-13,27H2,(H,28,31)(H,29,32). The van der Waals surface area contributed by atoms with Crippen LogP contribution >= 0.6 is 0 Å². The predicted octanol–water partition coefficient (Wildman–Crippen LogP) is 2.66. The Morgan fingerprint density at radius 3 is 2.59 bits per heavy atom. The van der Waals surface area contributed by atoms with Crippen LogP contribution in [0.25, 0.3) is 0 Å². The van der Waals surface area contributed by atoms with Gasteiger partial charge in [0.2, 0.25) is 6.41 Å². The molecule has 1 atom stereocenters. The van der Waals surface area contributed by atoms with Gasteiger partial charge in [-0.25, -0.2) is 9.18 Å². The first-order valence-corrected chi connectivity index (χ1v) is 11.2. The first-order valence-electron chi connectivity index (χ1n) is 11.2. The van der Waals surface area contributed by atoms with E-state index in [1.54, 1.807) is 4.90 Å². The molecule has 0 aromatic heterocycles. The van der Waals surface area contributed by atoms with Crippen molar-refractivity contribution >= 4 is 12.4 Å². The number of carbonyl (C=O) groups excluding carboxylic acids is 2. The number of hydrogen-bond donors (Lipinski definition) is 3. The van der Waals surface area contributed by atoms with Crippen LogP contribution in [0.2, 0.25) is 0 Å². The number of rotatable bonds is 11. The van der Waals surface area contributed by atoms with Gasteiger partial charge in [0.15, 0.2) is 0 Å². The van der Waals surface area contributed by atoms with E-state index in [0.29, 0.717) is 38.7 Å². The topological polar surface area (TPSA) is 106 Å². The van der Waals surface area contributed by atoms with Gasteiger partial charge in [0.05, 0.1) is 6.04 Å². The Morgan fingerprint density at radius 1 is 1.32 bits per heavy atom. The second kappa shape index (κ2) is 11.2. The van der Waals surface area contributed by atoms with Gasteiger partial charge in [-0.2, -0.15) is 0 Å². The number of hydrogen-bond acceptors (Lipinski definition) is 5. The van der Waals surface area contributed by atoms with Crippen molar-refractivity contribution in [3.05, 3.63) is 29.6 Å². The van der Waals surface area contributed by atoms with Crippen LogP contribution < -0.4 is 21.1 Å². The van der Waals surface area contributed by atoms with Crippen molar-refractivity contribution in [2.75, 3.05) is 26.3 Å². The van der Waals surface area contributed by atoms with Crippen LogP contribution in [0.1, 0.15) is 37.7 Å². The summed E-state index contributed by atoms with van der Waals surface area (Å²) in [4.78, 5) is 25.8. The summed E-state index contributed by atoms with van der Waals surface area (Å²) in [7, 11) is 0. The van der Waals surface area contributed by atoms with Gasteiger partial charge >= 0.3 is 12.4 Å². The van der Waals surface area contributed by atoms with Crippen molar-refractivity contribution in [2.24, 2.45) is 11.1 Å². The van der Waals surface area contributed by atoms with Crippen molar-refractivity contribution in [3.63, 3.8) is 0 Å². The summed E-state index contributed by atoms with van der Waals surface area (Å²) in [6, 6.07) is 1.97. The van der Waals surface area contributed by atoms with E-state index in [1.165, 1.54) is 0 Å². The molecule has 4 N–H and O–H groups in total. The maximum absolute atomic E-state index is 14.3. The van der Waals surface area contributed by atoms with Crippen LogP contribution in [0.15, 0.2) is 18.2 Å². The van der Waals surface area contributed by atoms with E-state index < -0.39 is 24.0 Å². The van der Waals surface area contributed by atoms with Gasteiger partial charge in [-0.05, 0) is 50.1 Å². The number of amides is 3. The maximum Gasteiger partial charge on any atom is 0.573 e. The summed E-state index contributed by atoms with van der Waals surface area (Å²) < 4.78 is 60.5. The van der Waals surface area contributed by atoms with Gasteiger partial charge in [-0.1, -0.05) is 6.07 Å². The summed E-state index contributed by atoms with van der Waals surface area (Å²) in [6.45, 7) is 1.60. The van der Waals surface area contributed by atoms with Crippen molar-refractivity contribution in [1.82, 2.24) is 15.5 Å². The maximum atomic E-state index is 14.3. The number of benzene rings is 1. The first-order chi connectivity index (χ1) is 16.2. The summed E-state index contributed by atoms with van der Waals surface area (Å²) in [6.07, 6.45) is -0.659. The quantitative estimate of drug-likeness (QED) is 0.327. The van der Waals surface area contributed by atoms with Gasteiger partial charge in [0.1, 0.15) is 11.6 Å². The molecule has 1 saturated heterocycles. The molecule has 1 saturated carbocycles. The van der Waals surface area contributed by atoms with Gasteiger partial charge < -0.3 is 30.7 Å². The van der Waals surface area contributed by atoms with Crippen molar-refractivity contribution in [2.45, 2.75) is 57.1 Å². The highest BCUT2D eigenvalue weighted by Crippen LogP contribution is 2.38. The molecule has 3 amide bonds. The Kier molecular flexibility index (Phi) is 8.58. The Labute approximate surface area is 195 Å². The Hall–Kier alpha value is -2.60. The molecule has 0 spiro atoms.